The Morgan fingerprint density at radius 3 is 2.85 bits per heavy atom. The predicted octanol–water partition coefficient (Wildman–Crippen LogP) is 2.97. The zero-order valence-corrected chi connectivity index (χ0v) is 17.1. The Bertz CT molecular complexity index is 808. The lowest BCUT2D eigenvalue weighted by atomic mass is 10.1. The number of ether oxygens (including phenoxy) is 1. The van der Waals surface area contributed by atoms with Crippen LogP contribution in [0.3, 0.4) is 0 Å². The van der Waals surface area contributed by atoms with E-state index in [1.165, 1.54) is 11.3 Å². The summed E-state index contributed by atoms with van der Waals surface area (Å²) >= 11 is 3.01. The minimum Gasteiger partial charge on any atom is -0.496 e. The maximum absolute atomic E-state index is 13.1. The number of hydrogen-bond donors (Lipinski definition) is 1. The first-order valence-electron chi connectivity index (χ1n) is 8.42. The lowest BCUT2D eigenvalue weighted by Crippen LogP contribution is -2.38. The van der Waals surface area contributed by atoms with Gasteiger partial charge in [-0.3, -0.25) is 4.79 Å². The van der Waals surface area contributed by atoms with Crippen molar-refractivity contribution in [2.75, 3.05) is 40.0 Å². The quantitative estimate of drug-likeness (QED) is 0.843. The molecule has 2 aromatic rings. The number of likely N-dealkylation sites (tertiary alicyclic amines) is 1. The number of benzene rings is 1. The summed E-state index contributed by atoms with van der Waals surface area (Å²) in [7, 11) is 5.56. The minimum absolute atomic E-state index is 0.00665. The average Bonchev–Trinajstić information content (AvgIpc) is 3.23. The van der Waals surface area contributed by atoms with E-state index in [-0.39, 0.29) is 11.9 Å². The molecule has 1 amide bonds. The van der Waals surface area contributed by atoms with Gasteiger partial charge in [-0.25, -0.2) is 4.98 Å². The Hall–Kier alpha value is -1.77. The molecule has 0 aliphatic carbocycles. The van der Waals surface area contributed by atoms with Gasteiger partial charge >= 0.3 is 0 Å². The monoisotopic (exact) mass is 392 g/mol. The van der Waals surface area contributed by atoms with E-state index in [1.54, 1.807) is 25.1 Å². The second-order valence-electron chi connectivity index (χ2n) is 6.56. The van der Waals surface area contributed by atoms with E-state index in [9.17, 15) is 4.79 Å². The number of carbonyl (C=O) groups is 1. The number of carbonyl (C=O) groups excluding carboxylic acids is 1. The van der Waals surface area contributed by atoms with Crippen LogP contribution in [0.5, 0.6) is 5.75 Å². The number of amides is 1. The van der Waals surface area contributed by atoms with Gasteiger partial charge in [0.15, 0.2) is 5.13 Å². The molecule has 2 heterocycles. The molecule has 1 aromatic heterocycles. The van der Waals surface area contributed by atoms with Crippen LogP contribution in [0.25, 0.3) is 0 Å². The summed E-state index contributed by atoms with van der Waals surface area (Å²) in [5.74, 6) is 0.603. The molecule has 0 bridgehead atoms. The number of thiazole rings is 1. The molecule has 2 N–H and O–H groups in total. The number of aromatic nitrogens is 1. The summed E-state index contributed by atoms with van der Waals surface area (Å²) in [5.41, 5.74) is 7.37. The van der Waals surface area contributed by atoms with Crippen LogP contribution in [-0.4, -0.2) is 61.0 Å². The van der Waals surface area contributed by atoms with Gasteiger partial charge in [-0.15, -0.1) is 0 Å². The van der Waals surface area contributed by atoms with Crippen molar-refractivity contribution in [1.29, 1.82) is 0 Å². The molecule has 1 aliphatic heterocycles. The number of anilines is 1. The molecule has 1 unspecified atom stereocenters. The fraction of sp³-hybridized carbons (Fsp3) is 0.444. The van der Waals surface area contributed by atoms with Crippen LogP contribution in [0.15, 0.2) is 27.4 Å². The van der Waals surface area contributed by atoms with Gasteiger partial charge in [0, 0.05) is 24.5 Å². The van der Waals surface area contributed by atoms with Crippen LogP contribution in [0.4, 0.5) is 5.13 Å². The van der Waals surface area contributed by atoms with Gasteiger partial charge in [0.2, 0.25) is 0 Å². The van der Waals surface area contributed by atoms with Crippen molar-refractivity contribution in [2.24, 2.45) is 0 Å². The zero-order valence-electron chi connectivity index (χ0n) is 15.5. The van der Waals surface area contributed by atoms with Crippen molar-refractivity contribution in [3.05, 3.63) is 29.5 Å². The third-order valence-corrected chi connectivity index (χ3v) is 6.76. The van der Waals surface area contributed by atoms with Crippen molar-refractivity contribution in [3.8, 4) is 5.75 Å². The summed E-state index contributed by atoms with van der Waals surface area (Å²) < 4.78 is 6.49. The van der Waals surface area contributed by atoms with E-state index in [1.807, 2.05) is 31.0 Å². The molecule has 26 heavy (non-hydrogen) atoms. The Balaban J connectivity index is 1.89. The van der Waals surface area contributed by atoms with Gasteiger partial charge in [-0.1, -0.05) is 23.1 Å². The van der Waals surface area contributed by atoms with E-state index in [0.717, 1.165) is 34.2 Å². The summed E-state index contributed by atoms with van der Waals surface area (Å²) in [6.45, 7) is 3.93. The number of nitrogens with zero attached hydrogens (tertiary/aromatic N) is 3. The van der Waals surface area contributed by atoms with Crippen LogP contribution in [0.2, 0.25) is 0 Å². The van der Waals surface area contributed by atoms with Crippen molar-refractivity contribution < 1.29 is 9.53 Å². The largest absolute Gasteiger partial charge is 0.496 e. The zero-order chi connectivity index (χ0) is 18.8. The normalized spacial score (nSPS) is 17.5. The number of rotatable bonds is 5. The maximum Gasteiger partial charge on any atom is 0.257 e. The second kappa shape index (κ2) is 7.85. The van der Waals surface area contributed by atoms with Gasteiger partial charge in [0.05, 0.1) is 23.1 Å². The third-order valence-electron chi connectivity index (χ3n) is 4.67. The molecular formula is C18H24N4O2S2. The highest BCUT2D eigenvalue weighted by atomic mass is 32.2. The number of nitrogen functional groups attached to an aromatic ring is 1. The number of hydrogen-bond acceptors (Lipinski definition) is 7. The van der Waals surface area contributed by atoms with Gasteiger partial charge in [-0.2, -0.15) is 0 Å². The van der Waals surface area contributed by atoms with Gasteiger partial charge in [0.1, 0.15) is 5.75 Å². The first kappa shape index (κ1) is 19.0. The number of nitrogens with two attached hydrogens (primary N) is 1. The smallest absolute Gasteiger partial charge is 0.257 e. The van der Waals surface area contributed by atoms with Crippen LogP contribution in [0, 0.1) is 6.92 Å². The van der Waals surface area contributed by atoms with Crippen LogP contribution in [-0.2, 0) is 0 Å². The van der Waals surface area contributed by atoms with Crippen molar-refractivity contribution >= 4 is 34.1 Å². The Morgan fingerprint density at radius 1 is 1.50 bits per heavy atom. The average molecular weight is 393 g/mol. The fourth-order valence-electron chi connectivity index (χ4n) is 3.12. The molecule has 1 fully saturated rings. The van der Waals surface area contributed by atoms with Crippen molar-refractivity contribution in [2.45, 2.75) is 28.5 Å². The minimum atomic E-state index is -0.00665. The van der Waals surface area contributed by atoms with Crippen molar-refractivity contribution in [1.82, 2.24) is 14.8 Å². The van der Waals surface area contributed by atoms with Crippen LogP contribution >= 0.6 is 23.1 Å². The standard InChI is InChI=1S/C18H24N4O2S2/c1-11-7-14(24-4)13(8-15(11)25-16-9-20-18(19)26-16)17(23)22(3)12-5-6-21(2)10-12/h7-9,12H,5-6,10H2,1-4H3,(H2,19,20). The molecule has 1 atom stereocenters. The lowest BCUT2D eigenvalue weighted by molar-refractivity contribution is 0.0734. The summed E-state index contributed by atoms with van der Waals surface area (Å²) in [4.78, 5) is 22.3. The number of likely N-dealkylation sites (N-methyl/N-ethyl adjacent to an activating group) is 2. The van der Waals surface area contributed by atoms with E-state index in [2.05, 4.69) is 16.9 Å². The third kappa shape index (κ3) is 3.97. The van der Waals surface area contributed by atoms with Gasteiger partial charge in [0.25, 0.3) is 5.91 Å². The summed E-state index contributed by atoms with van der Waals surface area (Å²) in [6.07, 6.45) is 2.75. The summed E-state index contributed by atoms with van der Waals surface area (Å²) in [5, 5.41) is 0.542. The predicted molar refractivity (Wildman–Crippen MR) is 106 cm³/mol. The maximum atomic E-state index is 13.1. The molecule has 1 saturated heterocycles. The Kier molecular flexibility index (Phi) is 5.74. The summed E-state index contributed by atoms with van der Waals surface area (Å²) in [6, 6.07) is 4.08. The van der Waals surface area contributed by atoms with E-state index in [4.69, 9.17) is 10.5 Å². The molecule has 1 aliphatic rings. The van der Waals surface area contributed by atoms with Gasteiger partial charge < -0.3 is 20.3 Å². The highest BCUT2D eigenvalue weighted by molar-refractivity contribution is 8.01. The number of methoxy groups -OCH3 is 1. The van der Waals surface area contributed by atoms with Crippen LogP contribution < -0.4 is 10.5 Å². The molecule has 0 radical (unpaired) electrons. The topological polar surface area (TPSA) is 71.7 Å². The first-order valence-corrected chi connectivity index (χ1v) is 10.1. The van der Waals surface area contributed by atoms with Gasteiger partial charge in [-0.05, 0) is 44.6 Å². The van der Waals surface area contributed by atoms with E-state index >= 15 is 0 Å². The van der Waals surface area contributed by atoms with E-state index < -0.39 is 0 Å². The molecular weight excluding hydrogens is 368 g/mol. The lowest BCUT2D eigenvalue weighted by Gasteiger charge is -2.25. The Labute approximate surface area is 162 Å². The van der Waals surface area contributed by atoms with E-state index in [0.29, 0.717) is 16.4 Å². The Morgan fingerprint density at radius 2 is 2.27 bits per heavy atom. The molecule has 8 heteroatoms. The molecule has 6 nitrogen and oxygen atoms in total. The van der Waals surface area contributed by atoms with Crippen molar-refractivity contribution in [3.63, 3.8) is 0 Å². The first-order chi connectivity index (χ1) is 12.4. The molecule has 0 saturated carbocycles. The molecule has 1 aromatic carbocycles. The second-order valence-corrected chi connectivity index (χ2v) is 8.96. The number of aryl methyl sites for hydroxylation is 1. The van der Waals surface area contributed by atoms with Crippen LogP contribution in [0.1, 0.15) is 22.3 Å². The molecule has 140 valence electrons. The SMILES string of the molecule is COc1cc(C)c(Sc2cnc(N)s2)cc1C(=O)N(C)C1CCN(C)C1. The molecule has 0 spiro atoms. The highest BCUT2D eigenvalue weighted by Crippen LogP contribution is 2.38. The highest BCUT2D eigenvalue weighted by Gasteiger charge is 2.29. The molecule has 3 rings (SSSR count). The fourth-order valence-corrected chi connectivity index (χ4v) is 4.95.